The van der Waals surface area contributed by atoms with Gasteiger partial charge in [0.15, 0.2) is 28.8 Å². The molecule has 0 spiro atoms. The summed E-state index contributed by atoms with van der Waals surface area (Å²) < 4.78 is 10.2. The second-order valence-corrected chi connectivity index (χ2v) is 8.56. The first-order valence-corrected chi connectivity index (χ1v) is 11.9. The van der Waals surface area contributed by atoms with Crippen molar-refractivity contribution in [2.24, 2.45) is 0 Å². The number of hydrogen-bond acceptors (Lipinski definition) is 9. The molecular formula is C31H22O9. The van der Waals surface area contributed by atoms with Crippen molar-refractivity contribution >= 4 is 29.3 Å². The Kier molecular flexibility index (Phi) is 7.86. The average Bonchev–Trinajstić information content (AvgIpc) is 2.99. The zero-order valence-electron chi connectivity index (χ0n) is 21.3. The van der Waals surface area contributed by atoms with Crippen LogP contribution in [0, 0.1) is 0 Å². The fourth-order valence-electron chi connectivity index (χ4n) is 4.00. The summed E-state index contributed by atoms with van der Waals surface area (Å²) in [7, 11) is 0.995. The number of esters is 2. The maximum atomic E-state index is 13.9. The van der Waals surface area contributed by atoms with E-state index in [1.807, 2.05) is 0 Å². The highest BCUT2D eigenvalue weighted by molar-refractivity contribution is 6.24. The van der Waals surface area contributed by atoms with Gasteiger partial charge in [0, 0.05) is 16.7 Å². The number of rotatable bonds is 8. The van der Waals surface area contributed by atoms with Crippen LogP contribution in [0.25, 0.3) is 0 Å². The molecule has 0 bridgehead atoms. The Bertz CT molecular complexity index is 1640. The smallest absolute Gasteiger partial charge is 0.343 e. The van der Waals surface area contributed by atoms with Crippen molar-refractivity contribution in [2.45, 2.75) is 6.92 Å². The minimum absolute atomic E-state index is 0.0283. The Balaban J connectivity index is 2.03. The second kappa shape index (κ2) is 11.4. The van der Waals surface area contributed by atoms with E-state index in [-0.39, 0.29) is 22.5 Å². The maximum absolute atomic E-state index is 13.9. The summed E-state index contributed by atoms with van der Waals surface area (Å²) >= 11 is 0. The molecule has 9 nitrogen and oxygen atoms in total. The number of benzene rings is 4. The van der Waals surface area contributed by atoms with Gasteiger partial charge in [-0.3, -0.25) is 14.4 Å². The van der Waals surface area contributed by atoms with E-state index in [0.717, 1.165) is 7.11 Å². The standard InChI is InChI=1S/C31H22O9/c1-17(32)18-13-15-20(16-14-18)26(34)24-22(31(38)39-2)23(25(33)19-9-5-3-6-10-19)27(35)28(36)29(24)40-30(37)21-11-7-4-8-12-21/h3-16,35-36H,1-2H3. The summed E-state index contributed by atoms with van der Waals surface area (Å²) in [4.78, 5) is 65.2. The van der Waals surface area contributed by atoms with Gasteiger partial charge in [-0.05, 0) is 19.1 Å². The molecule has 0 radical (unpaired) electrons. The second-order valence-electron chi connectivity index (χ2n) is 8.56. The number of aromatic hydroxyl groups is 2. The molecule has 0 amide bonds. The predicted molar refractivity (Wildman–Crippen MR) is 142 cm³/mol. The topological polar surface area (TPSA) is 144 Å². The third kappa shape index (κ3) is 5.21. The van der Waals surface area contributed by atoms with Gasteiger partial charge in [-0.1, -0.05) is 72.8 Å². The molecule has 0 unspecified atom stereocenters. The van der Waals surface area contributed by atoms with E-state index >= 15 is 0 Å². The molecule has 200 valence electrons. The van der Waals surface area contributed by atoms with Crippen molar-refractivity contribution in [1.29, 1.82) is 0 Å². The molecule has 0 aliphatic rings. The number of ether oxygens (including phenoxy) is 2. The van der Waals surface area contributed by atoms with Gasteiger partial charge < -0.3 is 19.7 Å². The number of ketones is 3. The van der Waals surface area contributed by atoms with E-state index in [1.165, 1.54) is 55.5 Å². The molecule has 4 aromatic rings. The van der Waals surface area contributed by atoms with Crippen LogP contribution in [0.5, 0.6) is 17.2 Å². The summed E-state index contributed by atoms with van der Waals surface area (Å²) in [5.41, 5.74) is -1.84. The number of hydrogen-bond donors (Lipinski definition) is 2. The van der Waals surface area contributed by atoms with Crippen molar-refractivity contribution in [2.75, 3.05) is 7.11 Å². The van der Waals surface area contributed by atoms with E-state index < -0.39 is 57.4 Å². The lowest BCUT2D eigenvalue weighted by Gasteiger charge is -2.19. The SMILES string of the molecule is COC(=O)c1c(C(=O)c2ccccc2)c(O)c(O)c(OC(=O)c2ccccc2)c1C(=O)c1ccc(C(C)=O)cc1. The van der Waals surface area contributed by atoms with Gasteiger partial charge in [0.1, 0.15) is 0 Å². The number of carbonyl (C=O) groups is 5. The van der Waals surface area contributed by atoms with Gasteiger partial charge in [0.05, 0.1) is 29.4 Å². The minimum Gasteiger partial charge on any atom is -0.504 e. The summed E-state index contributed by atoms with van der Waals surface area (Å²) in [6.45, 7) is 1.34. The summed E-state index contributed by atoms with van der Waals surface area (Å²) in [6.07, 6.45) is 0. The van der Waals surface area contributed by atoms with Gasteiger partial charge in [0.25, 0.3) is 0 Å². The molecule has 2 N–H and O–H groups in total. The molecule has 4 aromatic carbocycles. The van der Waals surface area contributed by atoms with E-state index in [2.05, 4.69) is 0 Å². The molecule has 0 fully saturated rings. The van der Waals surface area contributed by atoms with Gasteiger partial charge in [-0.2, -0.15) is 0 Å². The lowest BCUT2D eigenvalue weighted by Crippen LogP contribution is -2.21. The Morgan fingerprint density at radius 2 is 1.02 bits per heavy atom. The van der Waals surface area contributed by atoms with E-state index in [1.54, 1.807) is 36.4 Å². The van der Waals surface area contributed by atoms with Crippen LogP contribution in [0.1, 0.15) is 69.8 Å². The number of phenols is 2. The van der Waals surface area contributed by atoms with Gasteiger partial charge in [-0.25, -0.2) is 9.59 Å². The monoisotopic (exact) mass is 538 g/mol. The summed E-state index contributed by atoms with van der Waals surface area (Å²) in [5.74, 6) is -7.40. The van der Waals surface area contributed by atoms with Crippen molar-refractivity contribution in [3.05, 3.63) is 124 Å². The van der Waals surface area contributed by atoms with E-state index in [0.29, 0.717) is 5.56 Å². The maximum Gasteiger partial charge on any atom is 0.343 e. The van der Waals surface area contributed by atoms with Crippen LogP contribution in [-0.4, -0.2) is 46.6 Å². The average molecular weight is 539 g/mol. The van der Waals surface area contributed by atoms with E-state index in [4.69, 9.17) is 9.47 Å². The molecule has 9 heteroatoms. The van der Waals surface area contributed by atoms with Gasteiger partial charge in [-0.15, -0.1) is 0 Å². The molecular weight excluding hydrogens is 516 g/mol. The van der Waals surface area contributed by atoms with Crippen molar-refractivity contribution in [1.82, 2.24) is 0 Å². The fourth-order valence-corrected chi connectivity index (χ4v) is 4.00. The summed E-state index contributed by atoms with van der Waals surface area (Å²) in [6, 6.07) is 20.5. The van der Waals surface area contributed by atoms with Crippen LogP contribution in [0.15, 0.2) is 84.9 Å². The minimum atomic E-state index is -1.21. The Morgan fingerprint density at radius 1 is 0.550 bits per heavy atom. The molecule has 40 heavy (non-hydrogen) atoms. The predicted octanol–water partition coefficient (Wildman–Crippen LogP) is 4.77. The lowest BCUT2D eigenvalue weighted by atomic mass is 9.88. The third-order valence-corrected chi connectivity index (χ3v) is 6.04. The normalized spacial score (nSPS) is 10.4. The molecule has 0 aliphatic heterocycles. The van der Waals surface area contributed by atoms with E-state index in [9.17, 15) is 34.2 Å². The first-order chi connectivity index (χ1) is 19.1. The zero-order valence-corrected chi connectivity index (χ0v) is 21.3. The first kappa shape index (κ1) is 27.5. The number of phenolic OH excluding ortho intramolecular Hbond substituents is 2. The highest BCUT2D eigenvalue weighted by Gasteiger charge is 2.37. The van der Waals surface area contributed by atoms with Crippen LogP contribution in [0.4, 0.5) is 0 Å². The molecule has 0 aromatic heterocycles. The Hall–Kier alpha value is -5.57. The number of carbonyl (C=O) groups excluding carboxylic acids is 5. The van der Waals surface area contributed by atoms with Crippen LogP contribution < -0.4 is 4.74 Å². The summed E-state index contributed by atoms with van der Waals surface area (Å²) in [5, 5.41) is 22.0. The Morgan fingerprint density at radius 3 is 1.55 bits per heavy atom. The van der Waals surface area contributed by atoms with Crippen LogP contribution in [0.2, 0.25) is 0 Å². The van der Waals surface area contributed by atoms with Crippen LogP contribution >= 0.6 is 0 Å². The Labute approximate surface area is 228 Å². The highest BCUT2D eigenvalue weighted by Crippen LogP contribution is 2.46. The molecule has 0 saturated carbocycles. The molecule has 0 heterocycles. The molecule has 4 rings (SSSR count). The quantitative estimate of drug-likeness (QED) is 0.140. The number of Topliss-reactive ketones (excluding diaryl/α,β-unsaturated/α-hetero) is 1. The van der Waals surface area contributed by atoms with Crippen molar-refractivity contribution in [3.63, 3.8) is 0 Å². The van der Waals surface area contributed by atoms with Crippen LogP contribution in [0.3, 0.4) is 0 Å². The lowest BCUT2D eigenvalue weighted by molar-refractivity contribution is 0.0589. The third-order valence-electron chi connectivity index (χ3n) is 6.04. The van der Waals surface area contributed by atoms with Crippen molar-refractivity contribution < 1.29 is 43.7 Å². The molecule has 0 aliphatic carbocycles. The highest BCUT2D eigenvalue weighted by atomic mass is 16.5. The number of methoxy groups -OCH3 is 1. The molecule has 0 saturated heterocycles. The van der Waals surface area contributed by atoms with Gasteiger partial charge in [0.2, 0.25) is 5.75 Å². The van der Waals surface area contributed by atoms with Crippen LogP contribution in [-0.2, 0) is 4.74 Å². The largest absolute Gasteiger partial charge is 0.504 e. The zero-order chi connectivity index (χ0) is 29.0. The van der Waals surface area contributed by atoms with Gasteiger partial charge >= 0.3 is 11.9 Å². The molecule has 0 atom stereocenters. The fraction of sp³-hybridized carbons (Fsp3) is 0.0645. The first-order valence-electron chi connectivity index (χ1n) is 11.9. The van der Waals surface area contributed by atoms with Crippen molar-refractivity contribution in [3.8, 4) is 17.2 Å².